The fraction of sp³-hybridized carbons (Fsp3) is 0.333. The predicted molar refractivity (Wildman–Crippen MR) is 124 cm³/mol. The van der Waals surface area contributed by atoms with Gasteiger partial charge in [-0.25, -0.2) is 0 Å². The number of hydrogen-bond donors (Lipinski definition) is 0. The normalized spacial score (nSPS) is 10.1. The zero-order valence-corrected chi connectivity index (χ0v) is 18.1. The topological polar surface area (TPSA) is 29.6 Å². The smallest absolute Gasteiger partial charge is 0.135 e. The van der Waals surface area contributed by atoms with Crippen molar-refractivity contribution >= 4 is 6.21 Å². The van der Waals surface area contributed by atoms with Gasteiger partial charge in [-0.3, -0.25) is 9.98 Å². The van der Waals surface area contributed by atoms with Gasteiger partial charge in [0.25, 0.3) is 0 Å². The molecule has 0 saturated heterocycles. The summed E-state index contributed by atoms with van der Waals surface area (Å²) in [5.74, 6) is 0. The summed E-state index contributed by atoms with van der Waals surface area (Å²) in [6, 6.07) is 10.7. The van der Waals surface area contributed by atoms with Gasteiger partial charge >= 0.3 is 0 Å². The summed E-state index contributed by atoms with van der Waals surface area (Å²) in [6.45, 7) is 21.3. The van der Waals surface area contributed by atoms with E-state index in [0.717, 1.165) is 24.0 Å². The summed E-state index contributed by atoms with van der Waals surface area (Å²) in [6.07, 6.45) is 5.09. The van der Waals surface area contributed by atoms with Gasteiger partial charge in [-0.1, -0.05) is 39.0 Å². The van der Waals surface area contributed by atoms with Gasteiger partial charge in [0.05, 0.1) is 0 Å². The highest BCUT2D eigenvalue weighted by atomic mass is 15.0. The minimum atomic E-state index is 0.986. The minimum absolute atomic E-state index is 0.986. The van der Waals surface area contributed by atoms with Gasteiger partial charge in [-0.2, -0.15) is 0 Å². The molecule has 3 nitrogen and oxygen atoms in total. The zero-order chi connectivity index (χ0) is 21.2. The fourth-order valence-electron chi connectivity index (χ4n) is 2.57. The van der Waals surface area contributed by atoms with E-state index < -0.39 is 0 Å². The van der Waals surface area contributed by atoms with Crippen LogP contribution >= 0.6 is 0 Å². The molecular weight excluding hydrogens is 330 g/mol. The lowest BCUT2D eigenvalue weighted by Crippen LogP contribution is -2.22. The van der Waals surface area contributed by atoms with Crippen molar-refractivity contribution in [3.8, 4) is 11.1 Å². The molecule has 148 valence electrons. The molecule has 0 saturated carbocycles. The van der Waals surface area contributed by atoms with E-state index in [1.54, 1.807) is 7.05 Å². The largest absolute Gasteiger partial charge is 0.333 e. The van der Waals surface area contributed by atoms with Crippen LogP contribution in [0.25, 0.3) is 11.1 Å². The molecule has 0 aliphatic rings. The van der Waals surface area contributed by atoms with Crippen LogP contribution in [-0.2, 0) is 6.54 Å². The fourth-order valence-corrected chi connectivity index (χ4v) is 2.57. The second-order valence-electron chi connectivity index (χ2n) is 5.12. The van der Waals surface area contributed by atoms with Crippen LogP contribution in [0.15, 0.2) is 72.8 Å². The number of pyridine rings is 1. The number of nitrogens with zero attached hydrogens (tertiary/aromatic N) is 3. The zero-order valence-electron chi connectivity index (χ0n) is 18.1. The van der Waals surface area contributed by atoms with E-state index in [2.05, 4.69) is 91.2 Å². The van der Waals surface area contributed by atoms with Crippen molar-refractivity contribution in [3.63, 3.8) is 0 Å². The maximum absolute atomic E-state index is 4.49. The molecule has 0 atom stereocenters. The van der Waals surface area contributed by atoms with Crippen molar-refractivity contribution in [1.29, 1.82) is 0 Å². The van der Waals surface area contributed by atoms with Crippen molar-refractivity contribution in [2.24, 2.45) is 9.98 Å². The quantitative estimate of drug-likeness (QED) is 0.463. The summed E-state index contributed by atoms with van der Waals surface area (Å²) >= 11 is 0. The molecule has 0 aliphatic carbocycles. The second-order valence-corrected chi connectivity index (χ2v) is 5.12. The third kappa shape index (κ3) is 8.04. The molecule has 0 aliphatic heterocycles. The number of aliphatic imine (C=N–C) groups is 1. The Balaban J connectivity index is 0. The van der Waals surface area contributed by atoms with E-state index in [9.17, 15) is 0 Å². The van der Waals surface area contributed by atoms with Gasteiger partial charge in [0.1, 0.15) is 5.49 Å². The predicted octanol–water partition coefficient (Wildman–Crippen LogP) is 6.08. The number of aromatic nitrogens is 1. The molecule has 27 heavy (non-hydrogen) atoms. The standard InChI is InChI=1S/C18H23N3.C2H6.2C2H4/c1-5-10-21-11-6-7-17(18(21)20-4)15-8-9-16(13-19-3)14(2)12-15;3*1-2/h6-9,11-13H,5,10H2,1-4H3;1-2H3;2*1-2H2. The first-order valence-electron chi connectivity index (χ1n) is 9.36. The van der Waals surface area contributed by atoms with Crippen molar-refractivity contribution < 1.29 is 0 Å². The van der Waals surface area contributed by atoms with Crippen LogP contribution in [0.3, 0.4) is 0 Å². The number of aryl methyl sites for hydroxylation is 2. The van der Waals surface area contributed by atoms with E-state index in [1.807, 2.05) is 27.1 Å². The first-order valence-corrected chi connectivity index (χ1v) is 9.36. The van der Waals surface area contributed by atoms with Crippen LogP contribution < -0.4 is 5.49 Å². The molecule has 1 aromatic heterocycles. The average molecular weight is 368 g/mol. The maximum atomic E-state index is 4.49. The molecule has 2 rings (SSSR count). The molecule has 0 N–H and O–H groups in total. The van der Waals surface area contributed by atoms with Gasteiger partial charge < -0.3 is 4.57 Å². The average Bonchev–Trinajstić information content (AvgIpc) is 2.74. The van der Waals surface area contributed by atoms with Crippen LogP contribution in [0.2, 0.25) is 0 Å². The maximum Gasteiger partial charge on any atom is 0.135 e. The molecule has 1 heterocycles. The Kier molecular flexibility index (Phi) is 16.5. The first kappa shape index (κ1) is 26.5. The lowest BCUT2D eigenvalue weighted by atomic mass is 10.0. The van der Waals surface area contributed by atoms with Crippen LogP contribution in [0.1, 0.15) is 38.3 Å². The summed E-state index contributed by atoms with van der Waals surface area (Å²) in [7, 11) is 3.66. The Hall–Kier alpha value is -2.68. The Morgan fingerprint density at radius 1 is 1.04 bits per heavy atom. The van der Waals surface area contributed by atoms with E-state index in [4.69, 9.17) is 0 Å². The Morgan fingerprint density at radius 3 is 2.15 bits per heavy atom. The molecule has 0 radical (unpaired) electrons. The van der Waals surface area contributed by atoms with Gasteiger partial charge in [0.15, 0.2) is 0 Å². The van der Waals surface area contributed by atoms with Crippen LogP contribution in [0.4, 0.5) is 0 Å². The highest BCUT2D eigenvalue weighted by Crippen LogP contribution is 2.19. The molecule has 0 unspecified atom stereocenters. The monoisotopic (exact) mass is 367 g/mol. The molecule has 0 fully saturated rings. The third-order valence-corrected chi connectivity index (χ3v) is 3.57. The SMILES string of the molecule is C=C.C=C.CC.CCCn1cccc(-c2ccc(C=NC)c(C)c2)c1=NC. The van der Waals surface area contributed by atoms with Gasteiger partial charge in [-0.15, -0.1) is 26.3 Å². The Bertz CT molecular complexity index is 738. The molecular formula is C24H37N3. The molecule has 0 amide bonds. The lowest BCUT2D eigenvalue weighted by Gasteiger charge is -2.11. The van der Waals surface area contributed by atoms with E-state index >= 15 is 0 Å². The minimum Gasteiger partial charge on any atom is -0.333 e. The molecule has 0 spiro atoms. The summed E-state index contributed by atoms with van der Waals surface area (Å²) < 4.78 is 2.21. The van der Waals surface area contributed by atoms with Gasteiger partial charge in [0.2, 0.25) is 0 Å². The highest BCUT2D eigenvalue weighted by Gasteiger charge is 2.05. The van der Waals surface area contributed by atoms with Gasteiger partial charge in [0, 0.05) is 38.6 Å². The lowest BCUT2D eigenvalue weighted by molar-refractivity contribution is 0.644. The molecule has 0 bridgehead atoms. The van der Waals surface area contributed by atoms with Crippen LogP contribution in [-0.4, -0.2) is 24.9 Å². The van der Waals surface area contributed by atoms with Crippen molar-refractivity contribution in [1.82, 2.24) is 4.57 Å². The molecule has 2 aromatic rings. The van der Waals surface area contributed by atoms with E-state index in [-0.39, 0.29) is 0 Å². The summed E-state index contributed by atoms with van der Waals surface area (Å²) in [4.78, 5) is 8.58. The number of benzene rings is 1. The van der Waals surface area contributed by atoms with E-state index in [0.29, 0.717) is 0 Å². The van der Waals surface area contributed by atoms with Crippen LogP contribution in [0, 0.1) is 6.92 Å². The van der Waals surface area contributed by atoms with Crippen LogP contribution in [0.5, 0.6) is 0 Å². The number of hydrogen-bond acceptors (Lipinski definition) is 2. The van der Waals surface area contributed by atoms with Crippen molar-refractivity contribution in [2.45, 2.75) is 40.7 Å². The van der Waals surface area contributed by atoms with Crippen molar-refractivity contribution in [2.75, 3.05) is 14.1 Å². The Labute approximate surface area is 166 Å². The second kappa shape index (κ2) is 16.8. The third-order valence-electron chi connectivity index (χ3n) is 3.57. The number of rotatable bonds is 4. The highest BCUT2D eigenvalue weighted by molar-refractivity contribution is 5.83. The summed E-state index contributed by atoms with van der Waals surface area (Å²) in [5, 5.41) is 0. The van der Waals surface area contributed by atoms with E-state index in [1.165, 1.54) is 16.7 Å². The summed E-state index contributed by atoms with van der Waals surface area (Å²) in [5.41, 5.74) is 5.80. The molecule has 1 aromatic carbocycles. The molecule has 3 heteroatoms. The Morgan fingerprint density at radius 2 is 1.67 bits per heavy atom. The van der Waals surface area contributed by atoms with Crippen molar-refractivity contribution in [3.05, 3.63) is 79.5 Å². The first-order chi connectivity index (χ1) is 13.2. The van der Waals surface area contributed by atoms with Gasteiger partial charge in [-0.05, 0) is 42.2 Å².